The Morgan fingerprint density at radius 3 is 2.42 bits per heavy atom. The lowest BCUT2D eigenvalue weighted by molar-refractivity contribution is 0.0968. The van der Waals surface area contributed by atoms with E-state index in [4.69, 9.17) is 0 Å². The molecule has 1 aliphatic heterocycles. The zero-order valence-electron chi connectivity index (χ0n) is 14.3. The first-order valence-corrected chi connectivity index (χ1v) is 8.64. The highest BCUT2D eigenvalue weighted by Crippen LogP contribution is 2.09. The van der Waals surface area contributed by atoms with Gasteiger partial charge in [0.15, 0.2) is 5.78 Å². The van der Waals surface area contributed by atoms with Crippen LogP contribution in [-0.2, 0) is 0 Å². The molecule has 0 spiro atoms. The van der Waals surface area contributed by atoms with Crippen LogP contribution in [0.25, 0.3) is 0 Å². The van der Waals surface area contributed by atoms with Crippen LogP contribution in [0.5, 0.6) is 0 Å². The van der Waals surface area contributed by atoms with Crippen LogP contribution in [0.2, 0.25) is 0 Å². The molecule has 2 amide bonds. The number of carbonyl (C=O) groups is 2. The molecule has 1 fully saturated rings. The molecule has 0 unspecified atom stereocenters. The highest BCUT2D eigenvalue weighted by Gasteiger charge is 2.20. The topological polar surface area (TPSA) is 52.7 Å². The summed E-state index contributed by atoms with van der Waals surface area (Å²) >= 11 is 0. The van der Waals surface area contributed by atoms with Crippen molar-refractivity contribution in [3.05, 3.63) is 35.6 Å². The Morgan fingerprint density at radius 2 is 1.79 bits per heavy atom. The molecule has 0 atom stereocenters. The molecule has 0 aromatic heterocycles. The second-order valence-corrected chi connectivity index (χ2v) is 6.09. The summed E-state index contributed by atoms with van der Waals surface area (Å²) in [6.07, 6.45) is 2.18. The Labute approximate surface area is 142 Å². The summed E-state index contributed by atoms with van der Waals surface area (Å²) in [7, 11) is 0. The summed E-state index contributed by atoms with van der Waals surface area (Å²) in [4.78, 5) is 28.0. The maximum Gasteiger partial charge on any atom is 0.317 e. The number of hydrogen-bond donors (Lipinski definition) is 1. The van der Waals surface area contributed by atoms with Crippen LogP contribution in [-0.4, -0.2) is 60.9 Å². The average Bonchev–Trinajstić information content (AvgIpc) is 2.60. The molecule has 1 heterocycles. The van der Waals surface area contributed by atoms with Crippen LogP contribution in [0.3, 0.4) is 0 Å². The molecule has 6 heteroatoms. The quantitative estimate of drug-likeness (QED) is 0.779. The first kappa shape index (κ1) is 18.4. The van der Waals surface area contributed by atoms with Gasteiger partial charge in [0.05, 0.1) is 0 Å². The molecule has 1 aromatic rings. The maximum atomic E-state index is 12.9. The van der Waals surface area contributed by atoms with Crippen molar-refractivity contribution < 1.29 is 14.0 Å². The lowest BCUT2D eigenvalue weighted by Crippen LogP contribution is -2.51. The van der Waals surface area contributed by atoms with Crippen LogP contribution >= 0.6 is 0 Å². The number of urea groups is 1. The van der Waals surface area contributed by atoms with Gasteiger partial charge < -0.3 is 10.2 Å². The van der Waals surface area contributed by atoms with Gasteiger partial charge in [-0.05, 0) is 43.7 Å². The Kier molecular flexibility index (Phi) is 7.18. The van der Waals surface area contributed by atoms with E-state index in [1.54, 1.807) is 0 Å². The number of Topliss-reactive ketones (excluding diaryl/α,β-unsaturated/α-hetero) is 1. The van der Waals surface area contributed by atoms with Gasteiger partial charge in [-0.2, -0.15) is 0 Å². The van der Waals surface area contributed by atoms with E-state index in [2.05, 4.69) is 10.2 Å². The van der Waals surface area contributed by atoms with Crippen molar-refractivity contribution in [3.8, 4) is 0 Å². The summed E-state index contributed by atoms with van der Waals surface area (Å²) in [6, 6.07) is 5.71. The van der Waals surface area contributed by atoms with E-state index in [1.807, 2.05) is 11.8 Å². The van der Waals surface area contributed by atoms with Crippen LogP contribution in [0.4, 0.5) is 9.18 Å². The van der Waals surface area contributed by atoms with Crippen LogP contribution in [0.15, 0.2) is 24.3 Å². The molecule has 0 saturated carbocycles. The van der Waals surface area contributed by atoms with Gasteiger partial charge in [-0.25, -0.2) is 9.18 Å². The number of hydrogen-bond acceptors (Lipinski definition) is 3. The number of ketones is 1. The minimum absolute atomic E-state index is 0.0167. The van der Waals surface area contributed by atoms with Crippen LogP contribution in [0, 0.1) is 5.82 Å². The molecule has 24 heavy (non-hydrogen) atoms. The molecule has 2 rings (SSSR count). The fourth-order valence-electron chi connectivity index (χ4n) is 2.76. The number of nitrogens with one attached hydrogen (secondary N) is 1. The average molecular weight is 335 g/mol. The molecule has 1 aliphatic rings. The molecule has 132 valence electrons. The number of piperazine rings is 1. The predicted octanol–water partition coefficient (Wildman–Crippen LogP) is 2.53. The SMILES string of the molecule is CCCNC(=O)N1CCN(CCCC(=O)c2ccc(F)cc2)CC1. The van der Waals surface area contributed by atoms with Crippen molar-refractivity contribution in [2.24, 2.45) is 0 Å². The summed E-state index contributed by atoms with van der Waals surface area (Å²) in [5.41, 5.74) is 0.564. The second-order valence-electron chi connectivity index (χ2n) is 6.09. The molecular formula is C18H26FN3O2. The zero-order valence-corrected chi connectivity index (χ0v) is 14.3. The van der Waals surface area contributed by atoms with Gasteiger partial charge in [-0.15, -0.1) is 0 Å². The Balaban J connectivity index is 1.65. The number of rotatable bonds is 7. The smallest absolute Gasteiger partial charge is 0.317 e. The zero-order chi connectivity index (χ0) is 17.4. The van der Waals surface area contributed by atoms with E-state index in [1.165, 1.54) is 24.3 Å². The molecule has 5 nitrogen and oxygen atoms in total. The summed E-state index contributed by atoms with van der Waals surface area (Å²) in [6.45, 7) is 6.71. The molecule has 0 aliphatic carbocycles. The summed E-state index contributed by atoms with van der Waals surface area (Å²) < 4.78 is 12.9. The van der Waals surface area contributed by atoms with Crippen LogP contribution in [0.1, 0.15) is 36.5 Å². The lowest BCUT2D eigenvalue weighted by atomic mass is 10.1. The third kappa shape index (κ3) is 5.60. The van der Waals surface area contributed by atoms with Crippen LogP contribution < -0.4 is 5.32 Å². The van der Waals surface area contributed by atoms with E-state index in [0.29, 0.717) is 18.5 Å². The van der Waals surface area contributed by atoms with Crippen molar-refractivity contribution in [1.29, 1.82) is 0 Å². The largest absolute Gasteiger partial charge is 0.338 e. The third-order valence-electron chi connectivity index (χ3n) is 4.23. The standard InChI is InChI=1S/C18H26FN3O2/c1-2-9-20-18(24)22-13-11-21(12-14-22)10-3-4-17(23)15-5-7-16(19)8-6-15/h5-8H,2-4,9-14H2,1H3,(H,20,24). The highest BCUT2D eigenvalue weighted by molar-refractivity contribution is 5.95. The number of nitrogens with zero attached hydrogens (tertiary/aromatic N) is 2. The van der Waals surface area contributed by atoms with Crippen molar-refractivity contribution in [2.75, 3.05) is 39.3 Å². The number of benzene rings is 1. The maximum absolute atomic E-state index is 12.9. The number of amides is 2. The fraction of sp³-hybridized carbons (Fsp3) is 0.556. The molecule has 1 N–H and O–H groups in total. The highest BCUT2D eigenvalue weighted by atomic mass is 19.1. The normalized spacial score (nSPS) is 15.3. The van der Waals surface area contributed by atoms with E-state index in [9.17, 15) is 14.0 Å². The fourth-order valence-corrected chi connectivity index (χ4v) is 2.76. The summed E-state index contributed by atoms with van der Waals surface area (Å²) in [5, 5.41) is 2.89. The minimum atomic E-state index is -0.326. The minimum Gasteiger partial charge on any atom is -0.338 e. The molecule has 0 bridgehead atoms. The summed E-state index contributed by atoms with van der Waals surface area (Å²) in [5.74, 6) is -0.278. The predicted molar refractivity (Wildman–Crippen MR) is 91.7 cm³/mol. The van der Waals surface area contributed by atoms with Crippen molar-refractivity contribution in [1.82, 2.24) is 15.1 Å². The van der Waals surface area contributed by atoms with Gasteiger partial charge in [0, 0.05) is 44.7 Å². The lowest BCUT2D eigenvalue weighted by Gasteiger charge is -2.34. The van der Waals surface area contributed by atoms with E-state index < -0.39 is 0 Å². The molecule has 1 saturated heterocycles. The van der Waals surface area contributed by atoms with Gasteiger partial charge in [-0.1, -0.05) is 6.92 Å². The first-order chi connectivity index (χ1) is 11.6. The van der Waals surface area contributed by atoms with Gasteiger partial charge in [0.2, 0.25) is 0 Å². The van der Waals surface area contributed by atoms with Crippen molar-refractivity contribution in [3.63, 3.8) is 0 Å². The molecule has 1 aromatic carbocycles. The van der Waals surface area contributed by atoms with Gasteiger partial charge in [-0.3, -0.25) is 9.69 Å². The molecular weight excluding hydrogens is 309 g/mol. The first-order valence-electron chi connectivity index (χ1n) is 8.64. The monoisotopic (exact) mass is 335 g/mol. The van der Waals surface area contributed by atoms with Gasteiger partial charge in [0.1, 0.15) is 5.82 Å². The number of carbonyl (C=O) groups excluding carboxylic acids is 2. The Hall–Kier alpha value is -1.95. The third-order valence-corrected chi connectivity index (χ3v) is 4.23. The van der Waals surface area contributed by atoms with Gasteiger partial charge >= 0.3 is 6.03 Å². The van der Waals surface area contributed by atoms with Gasteiger partial charge in [0.25, 0.3) is 0 Å². The second kappa shape index (κ2) is 9.37. The van der Waals surface area contributed by atoms with Crippen molar-refractivity contribution in [2.45, 2.75) is 26.2 Å². The van der Waals surface area contributed by atoms with E-state index in [0.717, 1.165) is 45.6 Å². The Morgan fingerprint density at radius 1 is 1.12 bits per heavy atom. The number of halogens is 1. The van der Waals surface area contributed by atoms with E-state index >= 15 is 0 Å². The molecule has 0 radical (unpaired) electrons. The van der Waals surface area contributed by atoms with E-state index in [-0.39, 0.29) is 17.6 Å². The van der Waals surface area contributed by atoms with Crippen molar-refractivity contribution >= 4 is 11.8 Å². The Bertz CT molecular complexity index is 540.